The largest absolute Gasteiger partial charge is 0.480 e. The number of nitriles is 1. The van der Waals surface area contributed by atoms with Gasteiger partial charge in [0.2, 0.25) is 5.91 Å². The van der Waals surface area contributed by atoms with Gasteiger partial charge in [0.1, 0.15) is 25.1 Å². The first kappa shape index (κ1) is 13.6. The molecule has 0 unspecified atom stereocenters. The second kappa shape index (κ2) is 6.32. The van der Waals surface area contributed by atoms with Gasteiger partial charge in [-0.15, -0.1) is 0 Å². The molecule has 0 aromatic heterocycles. The lowest BCUT2D eigenvalue weighted by atomic mass is 10.2. The van der Waals surface area contributed by atoms with E-state index in [-0.39, 0.29) is 11.3 Å². The van der Waals surface area contributed by atoms with E-state index in [0.717, 1.165) is 6.07 Å². The van der Waals surface area contributed by atoms with Gasteiger partial charge in [-0.3, -0.25) is 4.79 Å². The molecule has 0 fully saturated rings. The fourth-order valence-corrected chi connectivity index (χ4v) is 1.12. The highest BCUT2D eigenvalue weighted by Gasteiger charge is 2.07. The number of amides is 1. The first-order valence-corrected chi connectivity index (χ1v) is 4.82. The lowest BCUT2D eigenvalue weighted by Crippen LogP contribution is -2.20. The van der Waals surface area contributed by atoms with Gasteiger partial charge >= 0.3 is 5.97 Å². The van der Waals surface area contributed by atoms with Crippen molar-refractivity contribution in [2.24, 2.45) is 0 Å². The Morgan fingerprint density at radius 2 is 2.17 bits per heavy atom. The molecule has 0 radical (unpaired) electrons. The summed E-state index contributed by atoms with van der Waals surface area (Å²) in [6.07, 6.45) is 0. The predicted molar refractivity (Wildman–Crippen MR) is 58.2 cm³/mol. The van der Waals surface area contributed by atoms with E-state index < -0.39 is 30.9 Å². The Labute approximate surface area is 102 Å². The Balaban J connectivity index is 2.55. The van der Waals surface area contributed by atoms with Crippen LogP contribution in [0.1, 0.15) is 5.56 Å². The highest BCUT2D eigenvalue weighted by molar-refractivity contribution is 5.92. The van der Waals surface area contributed by atoms with Crippen molar-refractivity contribution >= 4 is 17.6 Å². The Morgan fingerprint density at radius 1 is 1.44 bits per heavy atom. The standard InChI is InChI=1S/C11H9FN2O4/c12-9-2-1-8(3-7(9)4-13)14-10(15)5-18-6-11(16)17/h1-3H,5-6H2,(H,14,15)(H,16,17). The number of carboxylic acid groups (broad SMARTS) is 1. The zero-order valence-corrected chi connectivity index (χ0v) is 9.14. The number of aliphatic carboxylic acids is 1. The van der Waals surface area contributed by atoms with E-state index in [1.54, 1.807) is 6.07 Å². The fraction of sp³-hybridized carbons (Fsp3) is 0.182. The number of nitrogens with one attached hydrogen (secondary N) is 1. The smallest absolute Gasteiger partial charge is 0.329 e. The Bertz CT molecular complexity index is 510. The van der Waals surface area contributed by atoms with Crippen LogP contribution in [0.3, 0.4) is 0 Å². The molecule has 18 heavy (non-hydrogen) atoms. The van der Waals surface area contributed by atoms with E-state index in [1.165, 1.54) is 12.1 Å². The number of hydrogen-bond donors (Lipinski definition) is 2. The van der Waals surface area contributed by atoms with Crippen molar-refractivity contribution in [1.29, 1.82) is 5.26 Å². The van der Waals surface area contributed by atoms with E-state index in [4.69, 9.17) is 10.4 Å². The lowest BCUT2D eigenvalue weighted by molar-refractivity contribution is -0.143. The topological polar surface area (TPSA) is 99.4 Å². The van der Waals surface area contributed by atoms with Gasteiger partial charge in [-0.2, -0.15) is 5.26 Å². The van der Waals surface area contributed by atoms with Crippen LogP contribution in [0.25, 0.3) is 0 Å². The molecule has 0 saturated heterocycles. The molecule has 1 aromatic rings. The quantitative estimate of drug-likeness (QED) is 0.805. The summed E-state index contributed by atoms with van der Waals surface area (Å²) in [5.41, 5.74) is 0.0381. The van der Waals surface area contributed by atoms with E-state index >= 15 is 0 Å². The van der Waals surface area contributed by atoms with Crippen LogP contribution < -0.4 is 5.32 Å². The first-order valence-electron chi connectivity index (χ1n) is 4.82. The molecule has 0 saturated carbocycles. The summed E-state index contributed by atoms with van der Waals surface area (Å²) in [5.74, 6) is -2.46. The van der Waals surface area contributed by atoms with E-state index in [0.29, 0.717) is 0 Å². The van der Waals surface area contributed by atoms with Crippen LogP contribution in [0, 0.1) is 17.1 Å². The summed E-state index contributed by atoms with van der Waals surface area (Å²) in [6.45, 7) is -1.02. The minimum atomic E-state index is -1.18. The average Bonchev–Trinajstić information content (AvgIpc) is 2.31. The summed E-state index contributed by atoms with van der Waals surface area (Å²) < 4.78 is 17.5. The first-order chi connectivity index (χ1) is 8.52. The number of halogens is 1. The van der Waals surface area contributed by atoms with Crippen molar-refractivity contribution in [2.75, 3.05) is 18.5 Å². The minimum Gasteiger partial charge on any atom is -0.480 e. The Kier molecular flexibility index (Phi) is 4.78. The third-order valence-corrected chi connectivity index (χ3v) is 1.83. The van der Waals surface area contributed by atoms with Gasteiger partial charge in [0.15, 0.2) is 0 Å². The maximum Gasteiger partial charge on any atom is 0.329 e. The number of carbonyl (C=O) groups excluding carboxylic acids is 1. The number of carboxylic acids is 1. The molecule has 0 aliphatic heterocycles. The van der Waals surface area contributed by atoms with Crippen molar-refractivity contribution in [3.05, 3.63) is 29.6 Å². The van der Waals surface area contributed by atoms with Crippen LogP contribution in [-0.2, 0) is 14.3 Å². The number of carbonyl (C=O) groups is 2. The number of ether oxygens (including phenoxy) is 1. The fourth-order valence-electron chi connectivity index (χ4n) is 1.12. The highest BCUT2D eigenvalue weighted by atomic mass is 19.1. The molecule has 0 atom stereocenters. The minimum absolute atomic E-state index is 0.195. The maximum absolute atomic E-state index is 13.0. The molecule has 0 spiro atoms. The molecule has 2 N–H and O–H groups in total. The second-order valence-corrected chi connectivity index (χ2v) is 3.24. The van der Waals surface area contributed by atoms with E-state index in [2.05, 4.69) is 10.1 Å². The lowest BCUT2D eigenvalue weighted by Gasteiger charge is -2.05. The molecule has 7 heteroatoms. The van der Waals surface area contributed by atoms with Crippen molar-refractivity contribution in [3.63, 3.8) is 0 Å². The highest BCUT2D eigenvalue weighted by Crippen LogP contribution is 2.13. The average molecular weight is 252 g/mol. The Morgan fingerprint density at radius 3 is 2.78 bits per heavy atom. The predicted octanol–water partition coefficient (Wildman–Crippen LogP) is 0.737. The summed E-state index contributed by atoms with van der Waals surface area (Å²) in [4.78, 5) is 21.4. The van der Waals surface area contributed by atoms with Crippen molar-refractivity contribution in [1.82, 2.24) is 0 Å². The van der Waals surface area contributed by atoms with Gasteiger partial charge in [-0.1, -0.05) is 0 Å². The SMILES string of the molecule is N#Cc1cc(NC(=O)COCC(=O)O)ccc1F. The van der Waals surface area contributed by atoms with Gasteiger partial charge in [0.25, 0.3) is 0 Å². The van der Waals surface area contributed by atoms with Crippen molar-refractivity contribution in [2.45, 2.75) is 0 Å². The molecular weight excluding hydrogens is 243 g/mol. The maximum atomic E-state index is 13.0. The van der Waals surface area contributed by atoms with Gasteiger partial charge < -0.3 is 15.2 Å². The molecule has 0 bridgehead atoms. The number of nitrogens with zero attached hydrogens (tertiary/aromatic N) is 1. The zero-order valence-electron chi connectivity index (χ0n) is 9.14. The molecule has 1 aromatic carbocycles. The van der Waals surface area contributed by atoms with E-state index in [9.17, 15) is 14.0 Å². The Hall–Kier alpha value is -2.46. The van der Waals surface area contributed by atoms with Gasteiger partial charge in [-0.05, 0) is 18.2 Å². The van der Waals surface area contributed by atoms with E-state index in [1.807, 2.05) is 0 Å². The molecule has 0 heterocycles. The third-order valence-electron chi connectivity index (χ3n) is 1.83. The van der Waals surface area contributed by atoms with Gasteiger partial charge in [-0.25, -0.2) is 9.18 Å². The van der Waals surface area contributed by atoms with Crippen molar-refractivity contribution in [3.8, 4) is 6.07 Å². The summed E-state index contributed by atoms with van der Waals surface area (Å²) in [6, 6.07) is 5.13. The van der Waals surface area contributed by atoms with Gasteiger partial charge in [0.05, 0.1) is 5.56 Å². The number of hydrogen-bond acceptors (Lipinski definition) is 4. The number of anilines is 1. The normalized spacial score (nSPS) is 9.56. The number of benzene rings is 1. The van der Waals surface area contributed by atoms with Gasteiger partial charge in [0, 0.05) is 5.69 Å². The third kappa shape index (κ3) is 4.19. The molecule has 94 valence electrons. The van der Waals surface area contributed by atoms with Crippen LogP contribution in [0.5, 0.6) is 0 Å². The molecule has 0 aliphatic carbocycles. The molecule has 0 aliphatic rings. The molecule has 6 nitrogen and oxygen atoms in total. The van der Waals surface area contributed by atoms with Crippen LogP contribution in [-0.4, -0.2) is 30.2 Å². The summed E-state index contributed by atoms with van der Waals surface area (Å²) in [5, 5.41) is 19.2. The van der Waals surface area contributed by atoms with Crippen LogP contribution in [0.2, 0.25) is 0 Å². The number of rotatable bonds is 5. The molecule has 1 rings (SSSR count). The summed E-state index contributed by atoms with van der Waals surface area (Å²) in [7, 11) is 0. The van der Waals surface area contributed by atoms with Crippen LogP contribution >= 0.6 is 0 Å². The van der Waals surface area contributed by atoms with Crippen LogP contribution in [0.15, 0.2) is 18.2 Å². The zero-order chi connectivity index (χ0) is 13.5. The molecular formula is C11H9FN2O4. The van der Waals surface area contributed by atoms with Crippen molar-refractivity contribution < 1.29 is 23.8 Å². The summed E-state index contributed by atoms with van der Waals surface area (Å²) >= 11 is 0. The molecule has 1 amide bonds. The second-order valence-electron chi connectivity index (χ2n) is 3.24. The monoisotopic (exact) mass is 252 g/mol. The van der Waals surface area contributed by atoms with Crippen LogP contribution in [0.4, 0.5) is 10.1 Å².